The molecule has 18 heavy (non-hydrogen) atoms. The van der Waals surface area contributed by atoms with Gasteiger partial charge in [0.2, 0.25) is 0 Å². The maximum atomic E-state index is 9.03. The van der Waals surface area contributed by atoms with E-state index in [1.165, 1.54) is 6.33 Å². The number of halogens is 1. The summed E-state index contributed by atoms with van der Waals surface area (Å²) in [6.07, 6.45) is 1.34. The van der Waals surface area contributed by atoms with E-state index in [0.717, 1.165) is 5.56 Å². The van der Waals surface area contributed by atoms with Crippen LogP contribution in [0.15, 0.2) is 36.7 Å². The zero-order valence-electron chi connectivity index (χ0n) is 9.76. The van der Waals surface area contributed by atoms with Crippen LogP contribution in [0, 0.1) is 11.3 Å². The molecule has 1 N–H and O–H groups in total. The molecule has 5 heteroatoms. The number of nitrogens with zero attached hydrogens (tertiary/aromatic N) is 3. The van der Waals surface area contributed by atoms with Crippen LogP contribution in [0.4, 0.5) is 5.82 Å². The molecular weight excluding hydrogens is 248 g/mol. The Hall–Kier alpha value is -2.12. The molecule has 0 aliphatic rings. The molecule has 0 amide bonds. The van der Waals surface area contributed by atoms with Gasteiger partial charge in [0.25, 0.3) is 0 Å². The number of anilines is 1. The first-order valence-electron chi connectivity index (χ1n) is 5.44. The molecule has 0 radical (unpaired) electrons. The zero-order chi connectivity index (χ0) is 13.0. The van der Waals surface area contributed by atoms with Crippen molar-refractivity contribution in [3.63, 3.8) is 0 Å². The molecule has 0 saturated carbocycles. The first kappa shape index (κ1) is 12.3. The molecule has 1 unspecified atom stereocenters. The van der Waals surface area contributed by atoms with E-state index in [1.807, 2.05) is 43.3 Å². The standard InChI is InChI=1S/C13H11ClN4/c1-9(10-5-3-2-4-6-10)18-13-11(7-15)12(14)16-8-17-13/h2-6,8-9H,1H3,(H,16,17,18). The SMILES string of the molecule is CC(Nc1ncnc(Cl)c1C#N)c1ccccc1. The van der Waals surface area contributed by atoms with Crippen molar-refractivity contribution in [3.05, 3.63) is 52.9 Å². The first-order valence-corrected chi connectivity index (χ1v) is 5.82. The predicted octanol–water partition coefficient (Wildman–Crippen LogP) is 3.17. The van der Waals surface area contributed by atoms with Crippen LogP contribution in [0.5, 0.6) is 0 Å². The number of nitrogens with one attached hydrogen (secondary N) is 1. The van der Waals surface area contributed by atoms with Crippen LogP contribution in [0.2, 0.25) is 5.15 Å². The van der Waals surface area contributed by atoms with Crippen LogP contribution < -0.4 is 5.32 Å². The summed E-state index contributed by atoms with van der Waals surface area (Å²) in [5.41, 5.74) is 1.37. The van der Waals surface area contributed by atoms with Gasteiger partial charge in [-0.3, -0.25) is 0 Å². The Morgan fingerprint density at radius 3 is 2.67 bits per heavy atom. The molecule has 1 atom stereocenters. The summed E-state index contributed by atoms with van der Waals surface area (Å²) in [5.74, 6) is 0.453. The molecule has 0 aliphatic carbocycles. The summed E-state index contributed by atoms with van der Waals surface area (Å²) in [7, 11) is 0. The van der Waals surface area contributed by atoms with E-state index >= 15 is 0 Å². The summed E-state index contributed by atoms with van der Waals surface area (Å²) in [6, 6.07) is 11.9. The third-order valence-electron chi connectivity index (χ3n) is 2.57. The van der Waals surface area contributed by atoms with Gasteiger partial charge in [0.15, 0.2) is 5.15 Å². The molecule has 2 aromatic rings. The number of nitriles is 1. The van der Waals surface area contributed by atoms with Gasteiger partial charge in [-0.2, -0.15) is 5.26 Å². The average Bonchev–Trinajstić information content (AvgIpc) is 2.40. The second-order valence-corrected chi connectivity index (χ2v) is 4.13. The van der Waals surface area contributed by atoms with E-state index in [4.69, 9.17) is 16.9 Å². The number of hydrogen-bond acceptors (Lipinski definition) is 4. The first-order chi connectivity index (χ1) is 8.72. The Morgan fingerprint density at radius 2 is 2.00 bits per heavy atom. The lowest BCUT2D eigenvalue weighted by atomic mass is 10.1. The fraction of sp³-hybridized carbons (Fsp3) is 0.154. The van der Waals surface area contributed by atoms with Gasteiger partial charge >= 0.3 is 0 Å². The van der Waals surface area contributed by atoms with Crippen LogP contribution >= 0.6 is 11.6 Å². The Morgan fingerprint density at radius 1 is 1.28 bits per heavy atom. The molecule has 1 aromatic carbocycles. The quantitative estimate of drug-likeness (QED) is 0.859. The molecule has 0 aliphatic heterocycles. The summed E-state index contributed by atoms with van der Waals surface area (Å²) in [6.45, 7) is 1.99. The van der Waals surface area contributed by atoms with Gasteiger partial charge in [-0.15, -0.1) is 0 Å². The Bertz CT molecular complexity index is 577. The van der Waals surface area contributed by atoms with E-state index in [9.17, 15) is 0 Å². The lowest BCUT2D eigenvalue weighted by Gasteiger charge is -2.15. The van der Waals surface area contributed by atoms with Crippen molar-refractivity contribution in [3.8, 4) is 6.07 Å². The highest BCUT2D eigenvalue weighted by atomic mass is 35.5. The lowest BCUT2D eigenvalue weighted by Crippen LogP contribution is -2.09. The minimum absolute atomic E-state index is 0.0317. The van der Waals surface area contributed by atoms with Crippen LogP contribution in [-0.4, -0.2) is 9.97 Å². The molecule has 0 saturated heterocycles. The maximum Gasteiger partial charge on any atom is 0.152 e. The van der Waals surface area contributed by atoms with Crippen molar-refractivity contribution in [2.45, 2.75) is 13.0 Å². The molecule has 90 valence electrons. The minimum atomic E-state index is 0.0317. The van der Waals surface area contributed by atoms with E-state index in [2.05, 4.69) is 15.3 Å². The normalized spacial score (nSPS) is 11.6. The van der Waals surface area contributed by atoms with Crippen LogP contribution in [-0.2, 0) is 0 Å². The van der Waals surface area contributed by atoms with E-state index in [0.29, 0.717) is 5.82 Å². The second kappa shape index (κ2) is 5.48. The Kier molecular flexibility index (Phi) is 3.75. The number of hydrogen-bond donors (Lipinski definition) is 1. The molecule has 4 nitrogen and oxygen atoms in total. The van der Waals surface area contributed by atoms with Gasteiger partial charge in [-0.1, -0.05) is 41.9 Å². The van der Waals surface area contributed by atoms with Crippen LogP contribution in [0.1, 0.15) is 24.1 Å². The third-order valence-corrected chi connectivity index (χ3v) is 2.85. The molecular formula is C13H11ClN4. The Balaban J connectivity index is 2.25. The van der Waals surface area contributed by atoms with Crippen molar-refractivity contribution in [2.24, 2.45) is 0 Å². The van der Waals surface area contributed by atoms with Gasteiger partial charge < -0.3 is 5.32 Å². The third kappa shape index (κ3) is 2.58. The summed E-state index contributed by atoms with van der Waals surface area (Å²) in [5, 5.41) is 12.4. The highest BCUT2D eigenvalue weighted by Gasteiger charge is 2.12. The highest BCUT2D eigenvalue weighted by molar-refractivity contribution is 6.30. The van der Waals surface area contributed by atoms with Gasteiger partial charge in [0, 0.05) is 6.04 Å². The molecule has 2 rings (SSSR count). The average molecular weight is 259 g/mol. The molecule has 0 fully saturated rings. The molecule has 1 heterocycles. The largest absolute Gasteiger partial charge is 0.362 e. The summed E-state index contributed by atoms with van der Waals surface area (Å²) >= 11 is 5.85. The van der Waals surface area contributed by atoms with Gasteiger partial charge in [-0.25, -0.2) is 9.97 Å². The molecule has 0 bridgehead atoms. The summed E-state index contributed by atoms with van der Waals surface area (Å²) in [4.78, 5) is 7.83. The number of rotatable bonds is 3. The van der Waals surface area contributed by atoms with E-state index in [-0.39, 0.29) is 16.8 Å². The number of benzene rings is 1. The summed E-state index contributed by atoms with van der Waals surface area (Å²) < 4.78 is 0. The van der Waals surface area contributed by atoms with Gasteiger partial charge in [0.05, 0.1) is 0 Å². The van der Waals surface area contributed by atoms with Crippen LogP contribution in [0.3, 0.4) is 0 Å². The van der Waals surface area contributed by atoms with Crippen molar-refractivity contribution in [1.29, 1.82) is 5.26 Å². The Labute approximate surface area is 110 Å². The van der Waals surface area contributed by atoms with Gasteiger partial charge in [0.1, 0.15) is 23.8 Å². The van der Waals surface area contributed by atoms with Crippen molar-refractivity contribution < 1.29 is 0 Å². The van der Waals surface area contributed by atoms with Crippen LogP contribution in [0.25, 0.3) is 0 Å². The van der Waals surface area contributed by atoms with E-state index < -0.39 is 0 Å². The lowest BCUT2D eigenvalue weighted by molar-refractivity contribution is 0.870. The fourth-order valence-electron chi connectivity index (χ4n) is 1.60. The predicted molar refractivity (Wildman–Crippen MR) is 70.2 cm³/mol. The zero-order valence-corrected chi connectivity index (χ0v) is 10.5. The van der Waals surface area contributed by atoms with Gasteiger partial charge in [-0.05, 0) is 12.5 Å². The second-order valence-electron chi connectivity index (χ2n) is 3.78. The topological polar surface area (TPSA) is 61.6 Å². The monoisotopic (exact) mass is 258 g/mol. The maximum absolute atomic E-state index is 9.03. The van der Waals surface area contributed by atoms with E-state index in [1.54, 1.807) is 0 Å². The fourth-order valence-corrected chi connectivity index (χ4v) is 1.78. The van der Waals surface area contributed by atoms with Crippen molar-refractivity contribution in [2.75, 3.05) is 5.32 Å². The minimum Gasteiger partial charge on any atom is -0.362 e. The van der Waals surface area contributed by atoms with Crippen molar-refractivity contribution >= 4 is 17.4 Å². The molecule has 0 spiro atoms. The number of aromatic nitrogens is 2. The highest BCUT2D eigenvalue weighted by Crippen LogP contribution is 2.23. The van der Waals surface area contributed by atoms with Crippen molar-refractivity contribution in [1.82, 2.24) is 9.97 Å². The molecule has 1 aromatic heterocycles. The smallest absolute Gasteiger partial charge is 0.152 e.